The minimum Gasteiger partial charge on any atom is -0.398 e. The van der Waals surface area contributed by atoms with Crippen molar-refractivity contribution in [3.8, 4) is 11.1 Å². The highest BCUT2D eigenvalue weighted by Gasteiger charge is 2.27. The number of hydrogen-bond donors (Lipinski definition) is 2. The van der Waals surface area contributed by atoms with Crippen molar-refractivity contribution in [2.45, 2.75) is 6.10 Å². The summed E-state index contributed by atoms with van der Waals surface area (Å²) >= 11 is 0. The number of hydrogen-bond acceptors (Lipinski definition) is 2. The zero-order chi connectivity index (χ0) is 10.4. The zero-order valence-corrected chi connectivity index (χ0v) is 8.14. The van der Waals surface area contributed by atoms with Crippen molar-refractivity contribution >= 4 is 5.69 Å². The highest BCUT2D eigenvalue weighted by Crippen LogP contribution is 2.45. The van der Waals surface area contributed by atoms with Crippen LogP contribution in [0.4, 0.5) is 5.69 Å². The number of anilines is 1. The maximum Gasteiger partial charge on any atom is 0.107 e. The van der Waals surface area contributed by atoms with Gasteiger partial charge >= 0.3 is 0 Å². The maximum atomic E-state index is 10.1. The molecule has 2 nitrogen and oxygen atoms in total. The van der Waals surface area contributed by atoms with Gasteiger partial charge in [-0.3, -0.25) is 0 Å². The van der Waals surface area contributed by atoms with E-state index in [1.54, 1.807) is 0 Å². The molecule has 0 bridgehead atoms. The fourth-order valence-electron chi connectivity index (χ4n) is 2.26. The van der Waals surface area contributed by atoms with Crippen LogP contribution in [-0.4, -0.2) is 5.11 Å². The third-order valence-corrected chi connectivity index (χ3v) is 2.96. The van der Waals surface area contributed by atoms with Gasteiger partial charge in [0.2, 0.25) is 0 Å². The Balaban J connectivity index is 2.37. The minimum absolute atomic E-state index is 0.572. The smallest absolute Gasteiger partial charge is 0.107 e. The van der Waals surface area contributed by atoms with Crippen LogP contribution in [0, 0.1) is 0 Å². The summed E-state index contributed by atoms with van der Waals surface area (Å²) in [6.07, 6.45) is -0.572. The van der Waals surface area contributed by atoms with Crippen LogP contribution in [0.15, 0.2) is 42.5 Å². The molecule has 2 aromatic rings. The third-order valence-electron chi connectivity index (χ3n) is 2.96. The molecule has 3 rings (SSSR count). The predicted octanol–water partition coefficient (Wildman–Crippen LogP) is 2.33. The molecule has 1 aliphatic rings. The fraction of sp³-hybridized carbons (Fsp3) is 0.0769. The Labute approximate surface area is 88.0 Å². The fourth-order valence-corrected chi connectivity index (χ4v) is 2.26. The summed E-state index contributed by atoms with van der Waals surface area (Å²) in [6, 6.07) is 13.6. The molecule has 3 N–H and O–H groups in total. The van der Waals surface area contributed by atoms with Gasteiger partial charge in [-0.05, 0) is 22.8 Å². The molecule has 0 aliphatic heterocycles. The lowest BCUT2D eigenvalue weighted by Crippen LogP contribution is -1.98. The Kier molecular flexibility index (Phi) is 1.61. The van der Waals surface area contributed by atoms with Gasteiger partial charge in [0.15, 0.2) is 0 Å². The molecule has 1 aliphatic carbocycles. The largest absolute Gasteiger partial charge is 0.398 e. The molecule has 2 aromatic carbocycles. The molecule has 1 atom stereocenters. The predicted molar refractivity (Wildman–Crippen MR) is 60.4 cm³/mol. The molecule has 0 heterocycles. The van der Waals surface area contributed by atoms with E-state index < -0.39 is 6.10 Å². The Morgan fingerprint density at radius 1 is 0.933 bits per heavy atom. The van der Waals surface area contributed by atoms with Crippen molar-refractivity contribution in [2.24, 2.45) is 0 Å². The Morgan fingerprint density at radius 2 is 1.67 bits per heavy atom. The molecule has 0 saturated heterocycles. The van der Waals surface area contributed by atoms with E-state index in [1.165, 1.54) is 0 Å². The number of aliphatic hydroxyl groups excluding tert-OH is 1. The number of nitrogen functional groups attached to an aromatic ring is 1. The summed E-state index contributed by atoms with van der Waals surface area (Å²) in [4.78, 5) is 0. The summed E-state index contributed by atoms with van der Waals surface area (Å²) in [5, 5.41) is 10.1. The van der Waals surface area contributed by atoms with E-state index in [1.807, 2.05) is 42.5 Å². The van der Waals surface area contributed by atoms with Crippen LogP contribution in [-0.2, 0) is 0 Å². The van der Waals surface area contributed by atoms with Gasteiger partial charge in [-0.2, -0.15) is 0 Å². The van der Waals surface area contributed by atoms with E-state index in [4.69, 9.17) is 5.73 Å². The highest BCUT2D eigenvalue weighted by molar-refractivity contribution is 5.82. The second kappa shape index (κ2) is 2.84. The Bertz CT molecular complexity index is 534. The summed E-state index contributed by atoms with van der Waals surface area (Å²) in [6.45, 7) is 0. The molecule has 0 radical (unpaired) electrons. The van der Waals surface area contributed by atoms with Gasteiger partial charge in [-0.25, -0.2) is 0 Å². The molecule has 15 heavy (non-hydrogen) atoms. The Hall–Kier alpha value is -1.80. The maximum absolute atomic E-state index is 10.1. The van der Waals surface area contributed by atoms with Crippen LogP contribution in [0.1, 0.15) is 17.2 Å². The average molecular weight is 197 g/mol. The molecule has 0 unspecified atom stereocenters. The van der Waals surface area contributed by atoms with Crippen molar-refractivity contribution in [2.75, 3.05) is 5.73 Å². The first-order chi connectivity index (χ1) is 7.29. The van der Waals surface area contributed by atoms with Gasteiger partial charge < -0.3 is 10.8 Å². The first-order valence-electron chi connectivity index (χ1n) is 4.95. The number of fused-ring (bicyclic) bond motifs is 3. The lowest BCUT2D eigenvalue weighted by molar-refractivity contribution is 0.226. The summed E-state index contributed by atoms with van der Waals surface area (Å²) in [7, 11) is 0. The van der Waals surface area contributed by atoms with Crippen LogP contribution in [0.3, 0.4) is 0 Å². The van der Waals surface area contributed by atoms with E-state index in [-0.39, 0.29) is 0 Å². The molecule has 0 fully saturated rings. The van der Waals surface area contributed by atoms with Crippen LogP contribution in [0.5, 0.6) is 0 Å². The van der Waals surface area contributed by atoms with Crippen LogP contribution in [0.2, 0.25) is 0 Å². The van der Waals surface area contributed by atoms with E-state index in [9.17, 15) is 5.11 Å². The second-order valence-corrected chi connectivity index (χ2v) is 3.80. The number of rotatable bonds is 0. The average Bonchev–Trinajstić information content (AvgIpc) is 2.55. The topological polar surface area (TPSA) is 46.2 Å². The first kappa shape index (κ1) is 8.50. The van der Waals surface area contributed by atoms with Gasteiger partial charge in [-0.1, -0.05) is 36.4 Å². The number of benzene rings is 2. The lowest BCUT2D eigenvalue weighted by atomic mass is 10.1. The standard InChI is InChI=1S/C13H11NO/c14-11-7-3-6-9-8-4-1-2-5-10(8)13(15)12(9)11/h1-7,13,15H,14H2/t13-/m0/s1. The number of aliphatic hydroxyl groups is 1. The van der Waals surface area contributed by atoms with E-state index >= 15 is 0 Å². The molecular weight excluding hydrogens is 186 g/mol. The monoisotopic (exact) mass is 197 g/mol. The van der Waals surface area contributed by atoms with E-state index in [0.717, 1.165) is 22.3 Å². The molecule has 0 amide bonds. The van der Waals surface area contributed by atoms with Crippen LogP contribution < -0.4 is 5.73 Å². The van der Waals surface area contributed by atoms with E-state index in [0.29, 0.717) is 5.69 Å². The zero-order valence-electron chi connectivity index (χ0n) is 8.14. The normalized spacial score (nSPS) is 17.3. The molecular formula is C13H11NO. The van der Waals surface area contributed by atoms with Gasteiger partial charge in [0.1, 0.15) is 6.10 Å². The van der Waals surface area contributed by atoms with Crippen molar-refractivity contribution < 1.29 is 5.11 Å². The van der Waals surface area contributed by atoms with Crippen LogP contribution >= 0.6 is 0 Å². The molecule has 74 valence electrons. The lowest BCUT2D eigenvalue weighted by Gasteiger charge is -2.07. The summed E-state index contributed by atoms with van der Waals surface area (Å²) in [5.74, 6) is 0. The molecule has 2 heteroatoms. The molecule has 0 saturated carbocycles. The number of nitrogens with two attached hydrogens (primary N) is 1. The van der Waals surface area contributed by atoms with Gasteiger partial charge in [-0.15, -0.1) is 0 Å². The van der Waals surface area contributed by atoms with Crippen molar-refractivity contribution in [1.29, 1.82) is 0 Å². The SMILES string of the molecule is Nc1cccc2c1[C@@H](O)c1ccccc1-2. The molecule has 0 spiro atoms. The minimum atomic E-state index is -0.572. The Morgan fingerprint density at radius 3 is 2.53 bits per heavy atom. The van der Waals surface area contributed by atoms with Gasteiger partial charge in [0.05, 0.1) is 0 Å². The summed E-state index contributed by atoms with van der Waals surface area (Å²) < 4.78 is 0. The van der Waals surface area contributed by atoms with Gasteiger partial charge in [0.25, 0.3) is 0 Å². The first-order valence-corrected chi connectivity index (χ1v) is 4.95. The van der Waals surface area contributed by atoms with Crippen molar-refractivity contribution in [1.82, 2.24) is 0 Å². The van der Waals surface area contributed by atoms with E-state index in [2.05, 4.69) is 0 Å². The second-order valence-electron chi connectivity index (χ2n) is 3.80. The molecule has 0 aromatic heterocycles. The highest BCUT2D eigenvalue weighted by atomic mass is 16.3. The summed E-state index contributed by atoms with van der Waals surface area (Å²) in [5.41, 5.74) is 10.5. The quantitative estimate of drug-likeness (QED) is 0.637. The van der Waals surface area contributed by atoms with Crippen molar-refractivity contribution in [3.63, 3.8) is 0 Å². The van der Waals surface area contributed by atoms with Crippen molar-refractivity contribution in [3.05, 3.63) is 53.6 Å². The third kappa shape index (κ3) is 1.02. The van der Waals surface area contributed by atoms with Gasteiger partial charge in [0, 0.05) is 11.3 Å². The van der Waals surface area contributed by atoms with Crippen LogP contribution in [0.25, 0.3) is 11.1 Å².